The largest absolute Gasteiger partial charge is 0.381 e. The Kier molecular flexibility index (Phi) is 8.23. The summed E-state index contributed by atoms with van der Waals surface area (Å²) in [6, 6.07) is 10.2. The molecule has 1 aliphatic carbocycles. The highest BCUT2D eigenvalue weighted by Crippen LogP contribution is 2.29. The number of rotatable bonds is 6. The van der Waals surface area contributed by atoms with E-state index in [9.17, 15) is 9.59 Å². The van der Waals surface area contributed by atoms with Gasteiger partial charge in [-0.25, -0.2) is 9.78 Å². The topological polar surface area (TPSA) is 101 Å². The quantitative estimate of drug-likeness (QED) is 0.427. The van der Waals surface area contributed by atoms with Crippen LogP contribution in [-0.4, -0.2) is 63.9 Å². The number of anilines is 1. The lowest BCUT2D eigenvalue weighted by Crippen LogP contribution is -2.46. The highest BCUT2D eigenvalue weighted by atomic mass is 16.5. The Balaban J connectivity index is 1.22. The van der Waals surface area contributed by atoms with Gasteiger partial charge in [0.15, 0.2) is 0 Å². The molecule has 0 spiro atoms. The van der Waals surface area contributed by atoms with E-state index < -0.39 is 0 Å². The van der Waals surface area contributed by atoms with Crippen molar-refractivity contribution in [3.63, 3.8) is 0 Å². The third-order valence-electron chi connectivity index (χ3n) is 9.28. The number of carbonyl (C=O) groups is 1. The highest BCUT2D eigenvalue weighted by Gasteiger charge is 2.30. The molecule has 3 aromatic rings. The third kappa shape index (κ3) is 5.96. The number of likely N-dealkylation sites (tertiary alicyclic amines) is 1. The lowest BCUT2D eigenvalue weighted by molar-refractivity contribution is 0.0697. The van der Waals surface area contributed by atoms with Gasteiger partial charge in [0.2, 0.25) is 5.95 Å². The number of fused-ring (bicyclic) bond motifs is 1. The molecule has 218 valence electrons. The summed E-state index contributed by atoms with van der Waals surface area (Å²) in [6.45, 7) is 6.73. The second-order valence-corrected chi connectivity index (χ2v) is 12.1. The van der Waals surface area contributed by atoms with E-state index in [1.807, 2.05) is 52.9 Å². The van der Waals surface area contributed by atoms with E-state index in [2.05, 4.69) is 22.5 Å². The number of carbonyl (C=O) groups excluding carboxylic acids is 1. The summed E-state index contributed by atoms with van der Waals surface area (Å²) in [6.07, 6.45) is 10.4. The number of amides is 2. The first-order valence-corrected chi connectivity index (χ1v) is 15.4. The summed E-state index contributed by atoms with van der Waals surface area (Å²) in [5.41, 5.74) is 3.28. The smallest absolute Gasteiger partial charge is 0.317 e. The predicted molar refractivity (Wildman–Crippen MR) is 161 cm³/mol. The number of urea groups is 1. The number of pyridine rings is 1. The lowest BCUT2D eigenvalue weighted by Gasteiger charge is -2.30. The van der Waals surface area contributed by atoms with Gasteiger partial charge in [0.05, 0.1) is 0 Å². The molecule has 6 rings (SSSR count). The van der Waals surface area contributed by atoms with Crippen molar-refractivity contribution < 1.29 is 9.53 Å². The molecule has 2 N–H and O–H groups in total. The van der Waals surface area contributed by atoms with Crippen LogP contribution in [0.1, 0.15) is 69.9 Å². The Bertz CT molecular complexity index is 1440. The molecule has 1 unspecified atom stereocenters. The number of benzene rings is 1. The van der Waals surface area contributed by atoms with Crippen LogP contribution >= 0.6 is 0 Å². The Morgan fingerprint density at radius 1 is 1.05 bits per heavy atom. The second kappa shape index (κ2) is 12.2. The zero-order valence-corrected chi connectivity index (χ0v) is 24.3. The lowest BCUT2D eigenvalue weighted by atomic mass is 9.84. The fourth-order valence-electron chi connectivity index (χ4n) is 6.82. The molecule has 41 heavy (non-hydrogen) atoms. The third-order valence-corrected chi connectivity index (χ3v) is 9.28. The van der Waals surface area contributed by atoms with Crippen molar-refractivity contribution in [2.24, 2.45) is 5.92 Å². The standard InChI is InChI=1S/C32H42N6O3/c1-21-8-6-7-11-27(21)28-18-24-19-33-31(36-29(24)38(30(28)39)26-13-16-41-17-14-26)35-25-12-15-37(20-25)32(40)34-22(2)23-9-4-3-5-10-23/h6-8,11,18-19,22-23,25-26H,3-5,9-10,12-17,20H2,1-2H3,(H,34,40)(H,33,35,36)/t22-,25?/m1/s1. The van der Waals surface area contributed by atoms with Gasteiger partial charge in [0.1, 0.15) is 5.65 Å². The van der Waals surface area contributed by atoms with Gasteiger partial charge in [0, 0.05) is 61.6 Å². The van der Waals surface area contributed by atoms with Gasteiger partial charge in [-0.3, -0.25) is 9.36 Å². The van der Waals surface area contributed by atoms with E-state index in [0.717, 1.165) is 35.8 Å². The van der Waals surface area contributed by atoms with Crippen LogP contribution in [0.2, 0.25) is 0 Å². The number of nitrogens with one attached hydrogen (secondary N) is 2. The fraction of sp³-hybridized carbons (Fsp3) is 0.562. The molecule has 0 bridgehead atoms. The average Bonchev–Trinajstić information content (AvgIpc) is 3.47. The van der Waals surface area contributed by atoms with Crippen molar-refractivity contribution in [1.29, 1.82) is 0 Å². The van der Waals surface area contributed by atoms with Gasteiger partial charge < -0.3 is 20.3 Å². The first-order chi connectivity index (χ1) is 20.0. The molecular formula is C32H42N6O3. The normalized spacial score (nSPS) is 21.2. The van der Waals surface area contributed by atoms with E-state index in [4.69, 9.17) is 9.72 Å². The van der Waals surface area contributed by atoms with Gasteiger partial charge in [-0.1, -0.05) is 43.5 Å². The second-order valence-electron chi connectivity index (χ2n) is 12.1. The molecule has 1 saturated carbocycles. The summed E-state index contributed by atoms with van der Waals surface area (Å²) >= 11 is 0. The van der Waals surface area contributed by atoms with E-state index >= 15 is 0 Å². The highest BCUT2D eigenvalue weighted by molar-refractivity contribution is 5.82. The van der Waals surface area contributed by atoms with Gasteiger partial charge in [-0.2, -0.15) is 4.98 Å². The number of hydrogen-bond donors (Lipinski definition) is 2. The molecule has 2 aliphatic heterocycles. The fourth-order valence-corrected chi connectivity index (χ4v) is 6.82. The minimum atomic E-state index is -0.0286. The molecule has 1 aromatic carbocycles. The van der Waals surface area contributed by atoms with E-state index in [1.165, 1.54) is 32.1 Å². The van der Waals surface area contributed by atoms with Gasteiger partial charge in [-0.15, -0.1) is 0 Å². The molecule has 3 aliphatic rings. The first-order valence-electron chi connectivity index (χ1n) is 15.4. The van der Waals surface area contributed by atoms with Gasteiger partial charge >= 0.3 is 6.03 Å². The molecule has 2 atom stereocenters. The van der Waals surface area contributed by atoms with Crippen LogP contribution in [0, 0.1) is 12.8 Å². The van der Waals surface area contributed by atoms with Crippen molar-refractivity contribution >= 4 is 23.0 Å². The van der Waals surface area contributed by atoms with Crippen LogP contribution in [0.25, 0.3) is 22.2 Å². The van der Waals surface area contributed by atoms with Crippen LogP contribution in [0.5, 0.6) is 0 Å². The van der Waals surface area contributed by atoms with Gasteiger partial charge in [0.25, 0.3) is 5.56 Å². The van der Waals surface area contributed by atoms with E-state index in [0.29, 0.717) is 49.4 Å². The van der Waals surface area contributed by atoms with Crippen molar-refractivity contribution in [3.8, 4) is 11.1 Å². The summed E-state index contributed by atoms with van der Waals surface area (Å²) in [7, 11) is 0. The minimum Gasteiger partial charge on any atom is -0.381 e. The summed E-state index contributed by atoms with van der Waals surface area (Å²) in [5, 5.41) is 7.55. The number of hydrogen-bond acceptors (Lipinski definition) is 6. The zero-order valence-electron chi connectivity index (χ0n) is 24.3. The van der Waals surface area contributed by atoms with Crippen LogP contribution < -0.4 is 16.2 Å². The van der Waals surface area contributed by atoms with Crippen LogP contribution in [0.3, 0.4) is 0 Å². The molecule has 2 saturated heterocycles. The van der Waals surface area contributed by atoms with Crippen LogP contribution in [0.4, 0.5) is 10.7 Å². The molecule has 9 nitrogen and oxygen atoms in total. The number of ether oxygens (including phenoxy) is 1. The molecule has 3 fully saturated rings. The molecule has 2 aromatic heterocycles. The molecular weight excluding hydrogens is 516 g/mol. The summed E-state index contributed by atoms with van der Waals surface area (Å²) in [5.74, 6) is 1.07. The van der Waals surface area contributed by atoms with Crippen molar-refractivity contribution in [3.05, 3.63) is 52.4 Å². The van der Waals surface area contributed by atoms with Crippen LogP contribution in [-0.2, 0) is 4.74 Å². The Hall–Kier alpha value is -3.46. The zero-order chi connectivity index (χ0) is 28.3. The van der Waals surface area contributed by atoms with Gasteiger partial charge in [-0.05, 0) is 69.1 Å². The predicted octanol–water partition coefficient (Wildman–Crippen LogP) is 5.28. The Labute approximate surface area is 241 Å². The maximum absolute atomic E-state index is 14.0. The van der Waals surface area contributed by atoms with Crippen molar-refractivity contribution in [2.75, 3.05) is 31.6 Å². The number of aryl methyl sites for hydroxylation is 1. The Morgan fingerprint density at radius 3 is 2.61 bits per heavy atom. The number of aromatic nitrogens is 3. The molecule has 2 amide bonds. The van der Waals surface area contributed by atoms with E-state index in [1.54, 1.807) is 0 Å². The maximum Gasteiger partial charge on any atom is 0.317 e. The molecule has 4 heterocycles. The average molecular weight is 559 g/mol. The SMILES string of the molecule is Cc1ccccc1-c1cc2cnc(NC3CCN(C(=O)N[C@H](C)C4CCCCC4)C3)nc2n(C2CCOCC2)c1=O. The number of nitrogens with zero attached hydrogens (tertiary/aromatic N) is 4. The minimum absolute atomic E-state index is 0.0160. The molecule has 9 heteroatoms. The van der Waals surface area contributed by atoms with E-state index in [-0.39, 0.29) is 29.7 Å². The Morgan fingerprint density at radius 2 is 1.83 bits per heavy atom. The summed E-state index contributed by atoms with van der Waals surface area (Å²) < 4.78 is 7.48. The monoisotopic (exact) mass is 558 g/mol. The van der Waals surface area contributed by atoms with Crippen LogP contribution in [0.15, 0.2) is 41.3 Å². The van der Waals surface area contributed by atoms with Crippen molar-refractivity contribution in [1.82, 2.24) is 24.8 Å². The van der Waals surface area contributed by atoms with Crippen molar-refractivity contribution in [2.45, 2.75) is 83.3 Å². The maximum atomic E-state index is 14.0. The molecule has 0 radical (unpaired) electrons. The summed E-state index contributed by atoms with van der Waals surface area (Å²) in [4.78, 5) is 38.4. The first kappa shape index (κ1) is 27.7.